The molecule has 4 heteroatoms. The van der Waals surface area contributed by atoms with Crippen molar-refractivity contribution in [1.29, 1.82) is 0 Å². The standard InChI is InChI=1S/C11H15FO2S/c1-8(5-13)7-15-11-3-2-10(12)4-9(11)6-14/h2-4,8,13-14H,5-7H2,1H3. The van der Waals surface area contributed by atoms with Gasteiger partial charge in [0.25, 0.3) is 0 Å². The van der Waals surface area contributed by atoms with E-state index in [0.717, 1.165) is 10.6 Å². The first-order valence-corrected chi connectivity index (χ1v) is 5.79. The van der Waals surface area contributed by atoms with Gasteiger partial charge >= 0.3 is 0 Å². The molecule has 0 radical (unpaired) electrons. The molecule has 0 aliphatic rings. The molecule has 0 saturated carbocycles. The van der Waals surface area contributed by atoms with Crippen molar-refractivity contribution < 1.29 is 14.6 Å². The molecule has 15 heavy (non-hydrogen) atoms. The smallest absolute Gasteiger partial charge is 0.123 e. The SMILES string of the molecule is CC(CO)CSc1ccc(F)cc1CO. The van der Waals surface area contributed by atoms with Gasteiger partial charge in [0.1, 0.15) is 5.82 Å². The van der Waals surface area contributed by atoms with E-state index in [4.69, 9.17) is 10.2 Å². The van der Waals surface area contributed by atoms with Crippen molar-refractivity contribution in [3.63, 3.8) is 0 Å². The highest BCUT2D eigenvalue weighted by Crippen LogP contribution is 2.25. The zero-order valence-electron chi connectivity index (χ0n) is 8.61. The fourth-order valence-corrected chi connectivity index (χ4v) is 2.14. The number of halogens is 1. The number of benzene rings is 1. The molecule has 0 bridgehead atoms. The van der Waals surface area contributed by atoms with Crippen molar-refractivity contribution in [1.82, 2.24) is 0 Å². The van der Waals surface area contributed by atoms with E-state index < -0.39 is 0 Å². The van der Waals surface area contributed by atoms with Crippen LogP contribution in [0.15, 0.2) is 23.1 Å². The summed E-state index contributed by atoms with van der Waals surface area (Å²) in [6.45, 7) is 1.92. The second-order valence-corrected chi connectivity index (χ2v) is 4.57. The van der Waals surface area contributed by atoms with E-state index in [1.54, 1.807) is 6.07 Å². The van der Waals surface area contributed by atoms with Crippen LogP contribution >= 0.6 is 11.8 Å². The van der Waals surface area contributed by atoms with E-state index in [2.05, 4.69) is 0 Å². The van der Waals surface area contributed by atoms with E-state index in [9.17, 15) is 4.39 Å². The molecule has 1 rings (SSSR count). The van der Waals surface area contributed by atoms with Gasteiger partial charge in [-0.15, -0.1) is 11.8 Å². The van der Waals surface area contributed by atoms with E-state index in [1.807, 2.05) is 6.92 Å². The number of hydrogen-bond acceptors (Lipinski definition) is 3. The number of aliphatic hydroxyl groups excluding tert-OH is 2. The molecule has 2 nitrogen and oxygen atoms in total. The maximum atomic E-state index is 12.8. The first-order chi connectivity index (χ1) is 7.17. The van der Waals surface area contributed by atoms with Crippen LogP contribution in [0, 0.1) is 11.7 Å². The predicted octanol–water partition coefficient (Wildman–Crippen LogP) is 2.04. The number of rotatable bonds is 5. The molecule has 0 spiro atoms. The maximum Gasteiger partial charge on any atom is 0.123 e. The van der Waals surface area contributed by atoms with Crippen molar-refractivity contribution in [2.75, 3.05) is 12.4 Å². The molecule has 0 aliphatic carbocycles. The van der Waals surface area contributed by atoms with Crippen LogP contribution in [0.3, 0.4) is 0 Å². The van der Waals surface area contributed by atoms with Crippen LogP contribution in [0.2, 0.25) is 0 Å². The van der Waals surface area contributed by atoms with Gasteiger partial charge in [-0.25, -0.2) is 4.39 Å². The van der Waals surface area contributed by atoms with E-state index >= 15 is 0 Å². The summed E-state index contributed by atoms with van der Waals surface area (Å²) in [4.78, 5) is 0.874. The molecule has 84 valence electrons. The summed E-state index contributed by atoms with van der Waals surface area (Å²) in [5.41, 5.74) is 0.602. The van der Waals surface area contributed by atoms with Crippen LogP contribution in [0.1, 0.15) is 12.5 Å². The lowest BCUT2D eigenvalue weighted by Gasteiger charge is -2.10. The summed E-state index contributed by atoms with van der Waals surface area (Å²) in [5.74, 6) is 0.625. The Kier molecular flexibility index (Phi) is 5.08. The average Bonchev–Trinajstić information content (AvgIpc) is 2.26. The lowest BCUT2D eigenvalue weighted by molar-refractivity contribution is 0.250. The Morgan fingerprint density at radius 1 is 1.40 bits per heavy atom. The van der Waals surface area contributed by atoms with Gasteiger partial charge < -0.3 is 10.2 Å². The Bertz CT molecular complexity index is 317. The van der Waals surface area contributed by atoms with E-state index in [0.29, 0.717) is 5.56 Å². The van der Waals surface area contributed by atoms with Gasteiger partial charge in [-0.1, -0.05) is 6.92 Å². The average molecular weight is 230 g/mol. The molecule has 0 saturated heterocycles. The third-order valence-corrected chi connectivity index (χ3v) is 3.47. The van der Waals surface area contributed by atoms with Crippen LogP contribution in [0.4, 0.5) is 4.39 Å². The zero-order chi connectivity index (χ0) is 11.3. The molecule has 0 fully saturated rings. The van der Waals surface area contributed by atoms with Crippen LogP contribution < -0.4 is 0 Å². The number of hydrogen-bond donors (Lipinski definition) is 2. The molecule has 1 unspecified atom stereocenters. The second kappa shape index (κ2) is 6.10. The van der Waals surface area contributed by atoms with Gasteiger partial charge in [-0.3, -0.25) is 0 Å². The van der Waals surface area contributed by atoms with Crippen molar-refractivity contribution in [2.45, 2.75) is 18.4 Å². The first-order valence-electron chi connectivity index (χ1n) is 4.80. The van der Waals surface area contributed by atoms with Crippen LogP contribution in [-0.4, -0.2) is 22.6 Å². The highest BCUT2D eigenvalue weighted by atomic mass is 32.2. The number of aliphatic hydroxyl groups is 2. The van der Waals surface area contributed by atoms with Crippen LogP contribution in [-0.2, 0) is 6.61 Å². The topological polar surface area (TPSA) is 40.5 Å². The van der Waals surface area contributed by atoms with Crippen LogP contribution in [0.25, 0.3) is 0 Å². The summed E-state index contributed by atoms with van der Waals surface area (Å²) in [6, 6.07) is 4.38. The fraction of sp³-hybridized carbons (Fsp3) is 0.455. The fourth-order valence-electron chi connectivity index (χ4n) is 1.10. The van der Waals surface area contributed by atoms with Crippen molar-refractivity contribution >= 4 is 11.8 Å². The monoisotopic (exact) mass is 230 g/mol. The molecular formula is C11H15FO2S. The summed E-state index contributed by atoms with van der Waals surface area (Å²) < 4.78 is 12.8. The van der Waals surface area contributed by atoms with Crippen molar-refractivity contribution in [3.05, 3.63) is 29.6 Å². The minimum Gasteiger partial charge on any atom is -0.396 e. The van der Waals surface area contributed by atoms with Gasteiger partial charge in [-0.05, 0) is 29.7 Å². The Morgan fingerprint density at radius 2 is 2.13 bits per heavy atom. The number of thioether (sulfide) groups is 1. The lowest BCUT2D eigenvalue weighted by atomic mass is 10.2. The minimum absolute atomic E-state index is 0.142. The molecule has 0 heterocycles. The summed E-state index contributed by atoms with van der Waals surface area (Å²) in [6.07, 6.45) is 0. The predicted molar refractivity (Wildman–Crippen MR) is 59.3 cm³/mol. The van der Waals surface area contributed by atoms with Gasteiger partial charge in [0, 0.05) is 17.3 Å². The molecule has 1 atom stereocenters. The largest absolute Gasteiger partial charge is 0.396 e. The van der Waals surface area contributed by atoms with E-state index in [1.165, 1.54) is 23.9 Å². The Hall–Kier alpha value is -0.580. The van der Waals surface area contributed by atoms with Crippen molar-refractivity contribution in [2.24, 2.45) is 5.92 Å². The van der Waals surface area contributed by atoms with Crippen LogP contribution in [0.5, 0.6) is 0 Å². The Balaban J connectivity index is 2.67. The van der Waals surface area contributed by atoms with Gasteiger partial charge in [0.2, 0.25) is 0 Å². The third-order valence-electron chi connectivity index (χ3n) is 2.03. The first kappa shape index (κ1) is 12.5. The second-order valence-electron chi connectivity index (χ2n) is 3.51. The minimum atomic E-state index is -0.335. The quantitative estimate of drug-likeness (QED) is 0.760. The molecule has 0 amide bonds. The van der Waals surface area contributed by atoms with E-state index in [-0.39, 0.29) is 24.9 Å². The molecule has 2 N–H and O–H groups in total. The maximum absolute atomic E-state index is 12.8. The zero-order valence-corrected chi connectivity index (χ0v) is 9.43. The summed E-state index contributed by atoms with van der Waals surface area (Å²) in [5, 5.41) is 17.9. The Morgan fingerprint density at radius 3 is 2.73 bits per heavy atom. The molecule has 0 aliphatic heterocycles. The highest BCUT2D eigenvalue weighted by Gasteiger charge is 2.06. The third kappa shape index (κ3) is 3.81. The molecule has 1 aromatic rings. The molecule has 1 aromatic carbocycles. The molecule has 0 aromatic heterocycles. The highest BCUT2D eigenvalue weighted by molar-refractivity contribution is 7.99. The van der Waals surface area contributed by atoms with Gasteiger partial charge in [0.05, 0.1) is 6.61 Å². The Labute approximate surface area is 93.1 Å². The summed E-state index contributed by atoms with van der Waals surface area (Å²) >= 11 is 1.53. The van der Waals surface area contributed by atoms with Gasteiger partial charge in [-0.2, -0.15) is 0 Å². The lowest BCUT2D eigenvalue weighted by Crippen LogP contribution is -2.03. The van der Waals surface area contributed by atoms with Gasteiger partial charge in [0.15, 0.2) is 0 Å². The van der Waals surface area contributed by atoms with Crippen molar-refractivity contribution in [3.8, 4) is 0 Å². The normalized spacial score (nSPS) is 12.8. The molecular weight excluding hydrogens is 215 g/mol. The summed E-state index contributed by atoms with van der Waals surface area (Å²) in [7, 11) is 0.